The molecule has 0 radical (unpaired) electrons. The number of benzene rings is 1. The first-order chi connectivity index (χ1) is 8.11. The summed E-state index contributed by atoms with van der Waals surface area (Å²) >= 11 is 0. The van der Waals surface area contributed by atoms with E-state index >= 15 is 0 Å². The Morgan fingerprint density at radius 3 is 2.29 bits per heavy atom. The number of hydrogen-bond donors (Lipinski definition) is 0. The second-order valence-corrected chi connectivity index (χ2v) is 3.03. The van der Waals surface area contributed by atoms with Gasteiger partial charge in [0.25, 0.3) is 0 Å². The van der Waals surface area contributed by atoms with Crippen LogP contribution in [0.5, 0.6) is 11.5 Å². The van der Waals surface area contributed by atoms with Crippen LogP contribution < -0.4 is 9.47 Å². The Balaban J connectivity index is 0.00000121. The summed E-state index contributed by atoms with van der Waals surface area (Å²) < 4.78 is 9.89. The van der Waals surface area contributed by atoms with Crippen molar-refractivity contribution in [2.75, 3.05) is 7.11 Å². The van der Waals surface area contributed by atoms with Gasteiger partial charge in [-0.05, 0) is 19.1 Å². The van der Waals surface area contributed by atoms with Crippen LogP contribution in [0.3, 0.4) is 0 Å². The van der Waals surface area contributed by atoms with Gasteiger partial charge in [-0.2, -0.15) is 0 Å². The Hall–Kier alpha value is -1.84. The van der Waals surface area contributed by atoms with Crippen LogP contribution in [0.25, 0.3) is 0 Å². The molecule has 0 aliphatic rings. The molecule has 0 amide bonds. The van der Waals surface area contributed by atoms with E-state index in [0.29, 0.717) is 11.5 Å². The molecule has 0 saturated heterocycles. The minimum absolute atomic E-state index is 0.211. The molecule has 0 fully saturated rings. The lowest BCUT2D eigenvalue weighted by Gasteiger charge is -2.04. The van der Waals surface area contributed by atoms with Crippen molar-refractivity contribution in [2.45, 2.75) is 27.2 Å². The van der Waals surface area contributed by atoms with E-state index in [9.17, 15) is 9.59 Å². The van der Waals surface area contributed by atoms with Crippen LogP contribution in [0.4, 0.5) is 0 Å². The molecule has 94 valence electrons. The summed E-state index contributed by atoms with van der Waals surface area (Å²) in [5.41, 5.74) is 0. The Morgan fingerprint density at radius 1 is 1.18 bits per heavy atom. The van der Waals surface area contributed by atoms with Crippen LogP contribution in [0, 0.1) is 0 Å². The van der Waals surface area contributed by atoms with E-state index in [2.05, 4.69) is 0 Å². The average molecular weight is 238 g/mol. The van der Waals surface area contributed by atoms with Gasteiger partial charge in [-0.1, -0.05) is 19.9 Å². The first kappa shape index (κ1) is 15.2. The molecule has 4 heteroatoms. The quantitative estimate of drug-likeness (QED) is 0.459. The zero-order chi connectivity index (χ0) is 13.3. The van der Waals surface area contributed by atoms with E-state index in [1.165, 1.54) is 14.0 Å². The summed E-state index contributed by atoms with van der Waals surface area (Å²) in [6.45, 7) is 5.34. The van der Waals surface area contributed by atoms with E-state index in [1.54, 1.807) is 24.3 Å². The molecule has 17 heavy (non-hydrogen) atoms. The molecule has 0 aliphatic carbocycles. The van der Waals surface area contributed by atoms with Gasteiger partial charge in [-0.15, -0.1) is 0 Å². The first-order valence-electron chi connectivity index (χ1n) is 5.46. The lowest BCUT2D eigenvalue weighted by molar-refractivity contribution is -0.137. The SMILES string of the molecule is CC.COc1cccc(OC(=O)CC(C)=O)c1. The van der Waals surface area contributed by atoms with Gasteiger partial charge in [0.2, 0.25) is 0 Å². The standard InChI is InChI=1S/C11H12O4.C2H6/c1-8(12)6-11(13)15-10-5-3-4-9(7-10)14-2;1-2/h3-5,7H,6H2,1-2H3;1-2H3. The molecule has 0 unspecified atom stereocenters. The van der Waals surface area contributed by atoms with Gasteiger partial charge in [0, 0.05) is 6.07 Å². The van der Waals surface area contributed by atoms with Crippen LogP contribution in [0.2, 0.25) is 0 Å². The summed E-state index contributed by atoms with van der Waals surface area (Å²) in [7, 11) is 1.52. The molecule has 1 rings (SSSR count). The van der Waals surface area contributed by atoms with Crippen molar-refractivity contribution in [3.63, 3.8) is 0 Å². The number of carbonyl (C=O) groups is 2. The third-order valence-corrected chi connectivity index (χ3v) is 1.67. The molecule has 0 bridgehead atoms. The smallest absolute Gasteiger partial charge is 0.318 e. The van der Waals surface area contributed by atoms with Crippen molar-refractivity contribution >= 4 is 11.8 Å². The molecule has 1 aromatic carbocycles. The minimum Gasteiger partial charge on any atom is -0.497 e. The van der Waals surface area contributed by atoms with Crippen molar-refractivity contribution < 1.29 is 19.1 Å². The molecule has 1 aromatic rings. The summed E-state index contributed by atoms with van der Waals surface area (Å²) in [5.74, 6) is 0.197. The molecule has 0 aromatic heterocycles. The highest BCUT2D eigenvalue weighted by Gasteiger charge is 2.08. The zero-order valence-corrected chi connectivity index (χ0v) is 10.6. The van der Waals surface area contributed by atoms with Crippen molar-refractivity contribution in [1.29, 1.82) is 0 Å². The van der Waals surface area contributed by atoms with Gasteiger partial charge in [0.1, 0.15) is 23.7 Å². The highest BCUT2D eigenvalue weighted by molar-refractivity contribution is 5.94. The summed E-state index contributed by atoms with van der Waals surface area (Å²) in [6, 6.07) is 6.65. The molecule has 4 nitrogen and oxygen atoms in total. The molecular weight excluding hydrogens is 220 g/mol. The molecule has 0 saturated carbocycles. The second kappa shape index (κ2) is 8.33. The van der Waals surface area contributed by atoms with Crippen LogP contribution in [-0.2, 0) is 9.59 Å². The summed E-state index contributed by atoms with van der Waals surface area (Å²) in [5, 5.41) is 0. The number of hydrogen-bond acceptors (Lipinski definition) is 4. The van der Waals surface area contributed by atoms with Crippen molar-refractivity contribution in [2.24, 2.45) is 0 Å². The van der Waals surface area contributed by atoms with Gasteiger partial charge in [-0.3, -0.25) is 9.59 Å². The van der Waals surface area contributed by atoms with E-state index in [-0.39, 0.29) is 12.2 Å². The molecular formula is C13H18O4. The topological polar surface area (TPSA) is 52.6 Å². The van der Waals surface area contributed by atoms with E-state index in [1.807, 2.05) is 13.8 Å². The normalized spacial score (nSPS) is 8.71. The zero-order valence-electron chi connectivity index (χ0n) is 10.6. The minimum atomic E-state index is -0.559. The van der Waals surface area contributed by atoms with E-state index in [4.69, 9.17) is 9.47 Å². The largest absolute Gasteiger partial charge is 0.497 e. The van der Waals surface area contributed by atoms with Gasteiger partial charge in [0.05, 0.1) is 7.11 Å². The molecule has 0 spiro atoms. The third-order valence-electron chi connectivity index (χ3n) is 1.67. The number of esters is 1. The average Bonchev–Trinajstić information content (AvgIpc) is 2.30. The monoisotopic (exact) mass is 238 g/mol. The molecule has 0 atom stereocenters. The fraction of sp³-hybridized carbons (Fsp3) is 0.385. The van der Waals surface area contributed by atoms with Gasteiger partial charge >= 0.3 is 5.97 Å². The van der Waals surface area contributed by atoms with Crippen LogP contribution in [-0.4, -0.2) is 18.9 Å². The molecule has 0 N–H and O–H groups in total. The Kier molecular flexibility index (Phi) is 7.43. The van der Waals surface area contributed by atoms with Gasteiger partial charge in [0.15, 0.2) is 0 Å². The second-order valence-electron chi connectivity index (χ2n) is 3.03. The maximum absolute atomic E-state index is 11.1. The summed E-state index contributed by atoms with van der Waals surface area (Å²) in [6.07, 6.45) is -0.211. The Morgan fingerprint density at radius 2 is 1.76 bits per heavy atom. The Labute approximate surface area is 102 Å². The number of ketones is 1. The Bertz CT molecular complexity index is 371. The lowest BCUT2D eigenvalue weighted by atomic mass is 10.3. The van der Waals surface area contributed by atoms with Crippen LogP contribution >= 0.6 is 0 Å². The van der Waals surface area contributed by atoms with Crippen molar-refractivity contribution in [3.05, 3.63) is 24.3 Å². The third kappa shape index (κ3) is 6.35. The lowest BCUT2D eigenvalue weighted by Crippen LogP contribution is -2.11. The number of carbonyl (C=O) groups excluding carboxylic acids is 2. The predicted octanol–water partition coefficient (Wildman–Crippen LogP) is 2.61. The van der Waals surface area contributed by atoms with Crippen LogP contribution in [0.15, 0.2) is 24.3 Å². The highest BCUT2D eigenvalue weighted by atomic mass is 16.5. The number of Topliss-reactive ketones (excluding diaryl/α,β-unsaturated/α-hetero) is 1. The number of methoxy groups -OCH3 is 1. The van der Waals surface area contributed by atoms with E-state index < -0.39 is 5.97 Å². The predicted molar refractivity (Wildman–Crippen MR) is 65.3 cm³/mol. The maximum Gasteiger partial charge on any atom is 0.318 e. The highest BCUT2D eigenvalue weighted by Crippen LogP contribution is 2.19. The van der Waals surface area contributed by atoms with Gasteiger partial charge < -0.3 is 9.47 Å². The van der Waals surface area contributed by atoms with E-state index in [0.717, 1.165) is 0 Å². The summed E-state index contributed by atoms with van der Waals surface area (Å²) in [4.78, 5) is 21.8. The van der Waals surface area contributed by atoms with Crippen LogP contribution in [0.1, 0.15) is 27.2 Å². The number of rotatable bonds is 4. The fourth-order valence-electron chi connectivity index (χ4n) is 1.04. The maximum atomic E-state index is 11.1. The first-order valence-corrected chi connectivity index (χ1v) is 5.46. The number of ether oxygens (including phenoxy) is 2. The molecule has 0 aliphatic heterocycles. The molecule has 0 heterocycles. The van der Waals surface area contributed by atoms with Gasteiger partial charge in [-0.25, -0.2) is 0 Å². The van der Waals surface area contributed by atoms with Crippen molar-refractivity contribution in [1.82, 2.24) is 0 Å². The fourth-order valence-corrected chi connectivity index (χ4v) is 1.04. The van der Waals surface area contributed by atoms with Crippen molar-refractivity contribution in [3.8, 4) is 11.5 Å².